The van der Waals surface area contributed by atoms with Crippen LogP contribution >= 0.6 is 12.2 Å². The van der Waals surface area contributed by atoms with E-state index in [0.29, 0.717) is 11.4 Å². The summed E-state index contributed by atoms with van der Waals surface area (Å²) in [7, 11) is 0. The Kier molecular flexibility index (Phi) is 4.72. The maximum absolute atomic E-state index is 5.55. The summed E-state index contributed by atoms with van der Waals surface area (Å²) in [4.78, 5) is 3.14. The van der Waals surface area contributed by atoms with Crippen LogP contribution in [0.3, 0.4) is 0 Å². The number of hydrogen-bond donors (Lipinski definition) is 1. The van der Waals surface area contributed by atoms with Gasteiger partial charge in [0.1, 0.15) is 0 Å². The first-order valence-corrected chi connectivity index (χ1v) is 7.16. The highest BCUT2D eigenvalue weighted by Crippen LogP contribution is 2.19. The maximum atomic E-state index is 5.55. The van der Waals surface area contributed by atoms with E-state index < -0.39 is 0 Å². The molecule has 1 aromatic carbocycles. The van der Waals surface area contributed by atoms with Gasteiger partial charge in [-0.15, -0.1) is 0 Å². The summed E-state index contributed by atoms with van der Waals surface area (Å²) in [5.74, 6) is 0. The van der Waals surface area contributed by atoms with Crippen LogP contribution in [0.1, 0.15) is 37.3 Å². The summed E-state index contributed by atoms with van der Waals surface area (Å²) >= 11 is 4.93. The second-order valence-electron chi connectivity index (χ2n) is 5.27. The monoisotopic (exact) mass is 262 g/mol. The fourth-order valence-corrected chi connectivity index (χ4v) is 2.76. The van der Waals surface area contributed by atoms with Crippen molar-refractivity contribution in [1.29, 1.82) is 0 Å². The molecule has 1 aromatic rings. The molecule has 0 radical (unpaired) electrons. The SMILES string of the molecule is CC1CCCCN1Cc1ccc(CC(N)=S)cc1. The molecule has 0 aliphatic carbocycles. The summed E-state index contributed by atoms with van der Waals surface area (Å²) < 4.78 is 0. The minimum Gasteiger partial charge on any atom is -0.393 e. The standard InChI is InChI=1S/C15H22N2S/c1-12-4-2-3-9-17(12)11-14-7-5-13(6-8-14)10-15(16)18/h5-8,12H,2-4,9-11H2,1H3,(H2,16,18). The zero-order valence-corrected chi connectivity index (χ0v) is 11.9. The van der Waals surface area contributed by atoms with E-state index in [2.05, 4.69) is 36.1 Å². The van der Waals surface area contributed by atoms with Crippen molar-refractivity contribution in [2.75, 3.05) is 6.54 Å². The minimum absolute atomic E-state index is 0.562. The maximum Gasteiger partial charge on any atom is 0.0771 e. The minimum atomic E-state index is 0.562. The number of piperidine rings is 1. The highest BCUT2D eigenvalue weighted by atomic mass is 32.1. The van der Waals surface area contributed by atoms with E-state index in [1.807, 2.05) is 0 Å². The summed E-state index contributed by atoms with van der Waals surface area (Å²) in [5, 5.41) is 0. The van der Waals surface area contributed by atoms with Crippen molar-refractivity contribution in [3.8, 4) is 0 Å². The molecule has 1 fully saturated rings. The van der Waals surface area contributed by atoms with Crippen molar-refractivity contribution in [2.45, 2.75) is 45.2 Å². The molecule has 0 spiro atoms. The molecule has 3 heteroatoms. The largest absolute Gasteiger partial charge is 0.393 e. The van der Waals surface area contributed by atoms with Crippen molar-refractivity contribution in [1.82, 2.24) is 4.90 Å². The Morgan fingerprint density at radius 1 is 1.28 bits per heavy atom. The Balaban J connectivity index is 1.95. The van der Waals surface area contributed by atoms with E-state index in [1.54, 1.807) is 0 Å². The first-order valence-electron chi connectivity index (χ1n) is 6.75. The highest BCUT2D eigenvalue weighted by Gasteiger charge is 2.17. The summed E-state index contributed by atoms with van der Waals surface area (Å²) in [6.45, 7) is 4.63. The van der Waals surface area contributed by atoms with Gasteiger partial charge in [-0.05, 0) is 37.4 Å². The van der Waals surface area contributed by atoms with E-state index in [0.717, 1.165) is 12.6 Å². The molecule has 1 aliphatic heterocycles. The van der Waals surface area contributed by atoms with Crippen molar-refractivity contribution < 1.29 is 0 Å². The molecule has 2 nitrogen and oxygen atoms in total. The normalized spacial score (nSPS) is 20.8. The third-order valence-corrected chi connectivity index (χ3v) is 3.87. The molecular weight excluding hydrogens is 240 g/mol. The van der Waals surface area contributed by atoms with E-state index in [9.17, 15) is 0 Å². The smallest absolute Gasteiger partial charge is 0.0771 e. The van der Waals surface area contributed by atoms with Crippen LogP contribution < -0.4 is 5.73 Å². The molecule has 98 valence electrons. The number of benzene rings is 1. The van der Waals surface area contributed by atoms with E-state index >= 15 is 0 Å². The summed E-state index contributed by atoms with van der Waals surface area (Å²) in [6, 6.07) is 9.41. The lowest BCUT2D eigenvalue weighted by Gasteiger charge is -2.33. The molecule has 0 saturated carbocycles. The van der Waals surface area contributed by atoms with Crippen LogP contribution in [-0.4, -0.2) is 22.5 Å². The fraction of sp³-hybridized carbons (Fsp3) is 0.533. The average molecular weight is 262 g/mol. The second-order valence-corrected chi connectivity index (χ2v) is 5.80. The van der Waals surface area contributed by atoms with E-state index in [4.69, 9.17) is 18.0 Å². The Labute approximate surface area is 115 Å². The first-order chi connectivity index (χ1) is 8.65. The van der Waals surface area contributed by atoms with Gasteiger partial charge >= 0.3 is 0 Å². The molecule has 2 N–H and O–H groups in total. The van der Waals surface area contributed by atoms with Gasteiger partial charge in [0.2, 0.25) is 0 Å². The van der Waals surface area contributed by atoms with E-state index in [1.165, 1.54) is 36.9 Å². The highest BCUT2D eigenvalue weighted by molar-refractivity contribution is 7.80. The predicted octanol–water partition coefficient (Wildman–Crippen LogP) is 2.89. The van der Waals surface area contributed by atoms with Gasteiger partial charge in [0.25, 0.3) is 0 Å². The number of rotatable bonds is 4. The third-order valence-electron chi connectivity index (χ3n) is 3.73. The van der Waals surface area contributed by atoms with Gasteiger partial charge in [0, 0.05) is 19.0 Å². The van der Waals surface area contributed by atoms with Crippen molar-refractivity contribution in [2.24, 2.45) is 5.73 Å². The van der Waals surface area contributed by atoms with Gasteiger partial charge in [-0.25, -0.2) is 0 Å². The van der Waals surface area contributed by atoms with Crippen LogP contribution in [0, 0.1) is 0 Å². The van der Waals surface area contributed by atoms with Crippen LogP contribution in [-0.2, 0) is 13.0 Å². The molecule has 0 aromatic heterocycles. The lowest BCUT2D eigenvalue weighted by atomic mass is 10.0. The number of thiocarbonyl (C=S) groups is 1. The summed E-state index contributed by atoms with van der Waals surface area (Å²) in [6.07, 6.45) is 4.75. The zero-order chi connectivity index (χ0) is 13.0. The lowest BCUT2D eigenvalue weighted by Crippen LogP contribution is -2.36. The van der Waals surface area contributed by atoms with E-state index in [-0.39, 0.29) is 0 Å². The van der Waals surface area contributed by atoms with Crippen molar-refractivity contribution in [3.63, 3.8) is 0 Å². The van der Waals surface area contributed by atoms with Crippen LogP contribution in [0.25, 0.3) is 0 Å². The predicted molar refractivity (Wildman–Crippen MR) is 80.7 cm³/mol. The molecule has 0 bridgehead atoms. The molecular formula is C15H22N2S. The Morgan fingerprint density at radius 3 is 2.56 bits per heavy atom. The molecule has 2 rings (SSSR count). The topological polar surface area (TPSA) is 29.3 Å². The lowest BCUT2D eigenvalue weighted by molar-refractivity contribution is 0.152. The Morgan fingerprint density at radius 2 is 1.94 bits per heavy atom. The number of likely N-dealkylation sites (tertiary alicyclic amines) is 1. The number of nitrogens with two attached hydrogens (primary N) is 1. The van der Waals surface area contributed by atoms with Gasteiger partial charge in [-0.3, -0.25) is 4.90 Å². The average Bonchev–Trinajstić information content (AvgIpc) is 2.34. The molecule has 1 atom stereocenters. The Hall–Kier alpha value is -0.930. The van der Waals surface area contributed by atoms with Crippen LogP contribution in [0.2, 0.25) is 0 Å². The summed E-state index contributed by atoms with van der Waals surface area (Å²) in [5.41, 5.74) is 8.14. The van der Waals surface area contributed by atoms with Crippen LogP contribution in [0.4, 0.5) is 0 Å². The molecule has 1 aliphatic rings. The van der Waals surface area contributed by atoms with Gasteiger partial charge in [0.05, 0.1) is 4.99 Å². The fourth-order valence-electron chi connectivity index (χ4n) is 2.59. The third kappa shape index (κ3) is 3.79. The van der Waals surface area contributed by atoms with Crippen molar-refractivity contribution >= 4 is 17.2 Å². The molecule has 0 amide bonds. The van der Waals surface area contributed by atoms with Crippen LogP contribution in [0.15, 0.2) is 24.3 Å². The number of hydrogen-bond acceptors (Lipinski definition) is 2. The molecule has 1 heterocycles. The van der Waals surface area contributed by atoms with Gasteiger partial charge in [-0.1, -0.05) is 42.9 Å². The first kappa shape index (κ1) is 13.5. The molecule has 1 saturated heterocycles. The quantitative estimate of drug-likeness (QED) is 0.846. The van der Waals surface area contributed by atoms with Crippen LogP contribution in [0.5, 0.6) is 0 Å². The second kappa shape index (κ2) is 6.30. The molecule has 1 unspecified atom stereocenters. The number of nitrogens with zero attached hydrogens (tertiary/aromatic N) is 1. The van der Waals surface area contributed by atoms with Crippen molar-refractivity contribution in [3.05, 3.63) is 35.4 Å². The molecule has 18 heavy (non-hydrogen) atoms. The zero-order valence-electron chi connectivity index (χ0n) is 11.1. The van der Waals surface area contributed by atoms with Gasteiger partial charge in [0.15, 0.2) is 0 Å². The van der Waals surface area contributed by atoms with Gasteiger partial charge < -0.3 is 5.73 Å². The Bertz CT molecular complexity index is 399. The van der Waals surface area contributed by atoms with Gasteiger partial charge in [-0.2, -0.15) is 0 Å².